The number of primary sulfonamides is 1. The van der Waals surface area contributed by atoms with Gasteiger partial charge in [-0.3, -0.25) is 4.79 Å². The maximum absolute atomic E-state index is 12.6. The highest BCUT2D eigenvalue weighted by molar-refractivity contribution is 7.89. The molecular formula is C22H26N4O3S. The van der Waals surface area contributed by atoms with Crippen molar-refractivity contribution in [2.24, 2.45) is 5.14 Å². The fraction of sp³-hybridized carbons (Fsp3) is 0.273. The summed E-state index contributed by atoms with van der Waals surface area (Å²) >= 11 is 0. The van der Waals surface area contributed by atoms with Crippen LogP contribution in [0.25, 0.3) is 0 Å². The van der Waals surface area contributed by atoms with Crippen LogP contribution in [-0.4, -0.2) is 20.9 Å². The number of nitrogens with one attached hydrogen (secondary N) is 2. The first-order chi connectivity index (χ1) is 14.1. The van der Waals surface area contributed by atoms with Gasteiger partial charge in [-0.05, 0) is 48.1 Å². The molecule has 0 aliphatic carbocycles. The van der Waals surface area contributed by atoms with Gasteiger partial charge < -0.3 is 10.6 Å². The number of nitrogens with two attached hydrogens (primary N) is 1. The van der Waals surface area contributed by atoms with Crippen LogP contribution in [0.1, 0.15) is 36.5 Å². The van der Waals surface area contributed by atoms with E-state index < -0.39 is 15.9 Å². The van der Waals surface area contributed by atoms with E-state index in [1.807, 2.05) is 45.0 Å². The van der Waals surface area contributed by atoms with Crippen LogP contribution in [0.15, 0.2) is 59.1 Å². The summed E-state index contributed by atoms with van der Waals surface area (Å²) in [5.41, 5.74) is 3.54. The molecule has 0 unspecified atom stereocenters. The molecule has 158 valence electrons. The molecule has 2 rings (SSSR count). The van der Waals surface area contributed by atoms with Gasteiger partial charge in [-0.2, -0.15) is 5.26 Å². The van der Waals surface area contributed by atoms with Gasteiger partial charge in [0.1, 0.15) is 11.6 Å². The third kappa shape index (κ3) is 6.17. The Morgan fingerprint density at radius 1 is 1.20 bits per heavy atom. The molecule has 0 spiro atoms. The van der Waals surface area contributed by atoms with Gasteiger partial charge in [-0.25, -0.2) is 13.6 Å². The lowest BCUT2D eigenvalue weighted by molar-refractivity contribution is -0.112. The van der Waals surface area contributed by atoms with Crippen molar-refractivity contribution in [1.82, 2.24) is 5.32 Å². The molecule has 7 nitrogen and oxygen atoms in total. The molecule has 0 aliphatic heterocycles. The average Bonchev–Trinajstić information content (AvgIpc) is 2.69. The number of nitriles is 1. The van der Waals surface area contributed by atoms with Gasteiger partial charge in [-0.1, -0.05) is 44.2 Å². The fourth-order valence-corrected chi connectivity index (χ4v) is 3.42. The standard InChI is InChI=1S/C22H26N4O3S/c1-15(2)20-6-4-5-16(3)21(20)26-22(27)18(13-23)14-25-12-11-17-7-9-19(10-8-17)30(24,28)29/h4-10,14-15,25H,11-12H2,1-3H3,(H,26,27)(H2,24,28,29)/b18-14-. The number of rotatable bonds is 8. The van der Waals surface area contributed by atoms with Crippen LogP contribution in [0, 0.1) is 18.3 Å². The lowest BCUT2D eigenvalue weighted by atomic mass is 9.98. The molecule has 0 saturated carbocycles. The van der Waals surface area contributed by atoms with Gasteiger partial charge in [0.2, 0.25) is 10.0 Å². The zero-order valence-corrected chi connectivity index (χ0v) is 18.1. The van der Waals surface area contributed by atoms with E-state index in [2.05, 4.69) is 10.6 Å². The van der Waals surface area contributed by atoms with E-state index in [1.54, 1.807) is 12.1 Å². The summed E-state index contributed by atoms with van der Waals surface area (Å²) < 4.78 is 22.6. The van der Waals surface area contributed by atoms with E-state index in [4.69, 9.17) is 5.14 Å². The lowest BCUT2D eigenvalue weighted by Crippen LogP contribution is -2.19. The number of sulfonamides is 1. The molecule has 30 heavy (non-hydrogen) atoms. The first kappa shape index (κ1) is 23.1. The molecule has 4 N–H and O–H groups in total. The van der Waals surface area contributed by atoms with Crippen LogP contribution in [0.5, 0.6) is 0 Å². The van der Waals surface area contributed by atoms with Gasteiger partial charge in [0.05, 0.1) is 4.90 Å². The smallest absolute Gasteiger partial charge is 0.267 e. The van der Waals surface area contributed by atoms with Crippen LogP contribution in [0.3, 0.4) is 0 Å². The third-order valence-corrected chi connectivity index (χ3v) is 5.52. The number of nitrogens with zero attached hydrogens (tertiary/aromatic N) is 1. The van der Waals surface area contributed by atoms with Gasteiger partial charge in [-0.15, -0.1) is 0 Å². The molecule has 1 amide bonds. The van der Waals surface area contributed by atoms with Gasteiger partial charge in [0.15, 0.2) is 0 Å². The highest BCUT2D eigenvalue weighted by Crippen LogP contribution is 2.27. The highest BCUT2D eigenvalue weighted by atomic mass is 32.2. The molecule has 8 heteroatoms. The van der Waals surface area contributed by atoms with Crippen molar-refractivity contribution >= 4 is 21.6 Å². The molecule has 0 heterocycles. The first-order valence-corrected chi connectivity index (χ1v) is 11.0. The topological polar surface area (TPSA) is 125 Å². The molecule has 0 aromatic heterocycles. The number of benzene rings is 2. The molecule has 0 saturated heterocycles. The largest absolute Gasteiger partial charge is 0.389 e. The summed E-state index contributed by atoms with van der Waals surface area (Å²) in [4.78, 5) is 12.6. The molecule has 0 radical (unpaired) electrons. The summed E-state index contributed by atoms with van der Waals surface area (Å²) in [6, 6.07) is 14.0. The highest BCUT2D eigenvalue weighted by Gasteiger charge is 2.15. The zero-order chi connectivity index (χ0) is 22.3. The number of carbonyl (C=O) groups is 1. The SMILES string of the molecule is Cc1cccc(C(C)C)c1NC(=O)/C(C#N)=C\NCCc1ccc(S(N)(=O)=O)cc1. The van der Waals surface area contributed by atoms with Crippen LogP contribution < -0.4 is 15.8 Å². The monoisotopic (exact) mass is 426 g/mol. The van der Waals surface area contributed by atoms with Crippen LogP contribution >= 0.6 is 0 Å². The Morgan fingerprint density at radius 3 is 2.43 bits per heavy atom. The van der Waals surface area contributed by atoms with E-state index in [1.165, 1.54) is 18.3 Å². The molecule has 0 fully saturated rings. The van der Waals surface area contributed by atoms with E-state index >= 15 is 0 Å². The minimum atomic E-state index is -3.71. The number of carbonyl (C=O) groups excluding carboxylic acids is 1. The minimum Gasteiger partial charge on any atom is -0.389 e. The average molecular weight is 427 g/mol. The second-order valence-corrected chi connectivity index (χ2v) is 8.77. The Bertz CT molecular complexity index is 1080. The van der Waals surface area contributed by atoms with Crippen molar-refractivity contribution in [2.45, 2.75) is 38.0 Å². The van der Waals surface area contributed by atoms with Gasteiger partial charge >= 0.3 is 0 Å². The Hall–Kier alpha value is -3.15. The summed E-state index contributed by atoms with van der Waals surface area (Å²) in [6.45, 7) is 6.47. The second kappa shape index (κ2) is 10.1. The van der Waals surface area contributed by atoms with Gasteiger partial charge in [0.25, 0.3) is 5.91 Å². The third-order valence-electron chi connectivity index (χ3n) is 4.59. The maximum atomic E-state index is 12.6. The van der Waals surface area contributed by atoms with E-state index in [0.29, 0.717) is 13.0 Å². The van der Waals surface area contributed by atoms with Crippen molar-refractivity contribution in [3.05, 3.63) is 70.9 Å². The Labute approximate surface area is 177 Å². The minimum absolute atomic E-state index is 0.0301. The number of hydrogen-bond acceptors (Lipinski definition) is 5. The van der Waals surface area contributed by atoms with Crippen molar-refractivity contribution < 1.29 is 13.2 Å². The molecule has 0 bridgehead atoms. The Kier molecular flexibility index (Phi) is 7.75. The van der Waals surface area contributed by atoms with Crippen LogP contribution in [0.2, 0.25) is 0 Å². The lowest BCUT2D eigenvalue weighted by Gasteiger charge is -2.16. The molecular weight excluding hydrogens is 400 g/mol. The normalized spacial score (nSPS) is 11.8. The Balaban J connectivity index is 2.00. The number of aryl methyl sites for hydroxylation is 1. The number of hydrogen-bond donors (Lipinski definition) is 3. The quantitative estimate of drug-likeness (QED) is 0.340. The zero-order valence-electron chi connectivity index (χ0n) is 17.3. The van der Waals surface area contributed by atoms with Crippen molar-refractivity contribution in [3.63, 3.8) is 0 Å². The van der Waals surface area contributed by atoms with Crippen LogP contribution in [-0.2, 0) is 21.2 Å². The molecule has 0 atom stereocenters. The van der Waals surface area contributed by atoms with E-state index in [9.17, 15) is 18.5 Å². The summed E-state index contributed by atoms with van der Waals surface area (Å²) in [5.74, 6) is -0.243. The summed E-state index contributed by atoms with van der Waals surface area (Å²) in [6.07, 6.45) is 1.97. The predicted octanol–water partition coefficient (Wildman–Crippen LogP) is 2.94. The molecule has 0 aliphatic rings. The van der Waals surface area contributed by atoms with Gasteiger partial charge in [0, 0.05) is 18.4 Å². The molecule has 2 aromatic rings. The summed E-state index contributed by atoms with van der Waals surface area (Å²) in [7, 11) is -3.71. The fourth-order valence-electron chi connectivity index (χ4n) is 2.91. The number of amides is 1. The van der Waals surface area contributed by atoms with Crippen molar-refractivity contribution in [2.75, 3.05) is 11.9 Å². The van der Waals surface area contributed by atoms with E-state index in [0.717, 1.165) is 22.4 Å². The van der Waals surface area contributed by atoms with Crippen LogP contribution in [0.4, 0.5) is 5.69 Å². The second-order valence-electron chi connectivity index (χ2n) is 7.21. The Morgan fingerprint density at radius 2 is 1.87 bits per heavy atom. The molecule has 2 aromatic carbocycles. The van der Waals surface area contributed by atoms with E-state index in [-0.39, 0.29) is 16.4 Å². The summed E-state index contributed by atoms with van der Waals surface area (Å²) in [5, 5.41) is 20.2. The van der Waals surface area contributed by atoms with Crippen molar-refractivity contribution in [1.29, 1.82) is 5.26 Å². The number of anilines is 1. The maximum Gasteiger partial charge on any atom is 0.267 e. The first-order valence-electron chi connectivity index (χ1n) is 9.49. The number of para-hydroxylation sites is 1. The predicted molar refractivity (Wildman–Crippen MR) is 117 cm³/mol. The van der Waals surface area contributed by atoms with Crippen molar-refractivity contribution in [3.8, 4) is 6.07 Å².